The van der Waals surface area contributed by atoms with Crippen LogP contribution in [-0.4, -0.2) is 25.1 Å². The Bertz CT molecular complexity index is 541. The first-order valence-corrected chi connectivity index (χ1v) is 8.20. The van der Waals surface area contributed by atoms with Crippen molar-refractivity contribution in [2.45, 2.75) is 32.0 Å². The van der Waals surface area contributed by atoms with E-state index in [2.05, 4.69) is 47.8 Å². The van der Waals surface area contributed by atoms with Crippen LogP contribution >= 0.6 is 11.3 Å². The van der Waals surface area contributed by atoms with E-state index in [4.69, 9.17) is 10.5 Å². The van der Waals surface area contributed by atoms with Gasteiger partial charge in [-0.2, -0.15) is 11.3 Å². The van der Waals surface area contributed by atoms with Gasteiger partial charge < -0.3 is 10.5 Å². The number of hydrogen-bond acceptors (Lipinski definition) is 4. The molecule has 2 rings (SSSR count). The van der Waals surface area contributed by atoms with E-state index >= 15 is 0 Å². The Morgan fingerprint density at radius 1 is 1.33 bits per heavy atom. The van der Waals surface area contributed by atoms with Crippen LogP contribution in [0.15, 0.2) is 41.1 Å². The quantitative estimate of drug-likeness (QED) is 0.848. The summed E-state index contributed by atoms with van der Waals surface area (Å²) in [5.41, 5.74) is 8.93. The van der Waals surface area contributed by atoms with E-state index in [9.17, 15) is 0 Å². The van der Waals surface area contributed by atoms with E-state index in [1.807, 2.05) is 12.1 Å². The zero-order chi connectivity index (χ0) is 15.2. The van der Waals surface area contributed by atoms with Crippen LogP contribution in [0, 0.1) is 0 Å². The molecule has 1 heterocycles. The Labute approximate surface area is 131 Å². The number of nitrogens with zero attached hydrogens (tertiary/aromatic N) is 1. The number of ether oxygens (including phenoxy) is 1. The second-order valence-electron chi connectivity index (χ2n) is 5.34. The van der Waals surface area contributed by atoms with E-state index in [0.29, 0.717) is 0 Å². The fourth-order valence-corrected chi connectivity index (χ4v) is 3.31. The van der Waals surface area contributed by atoms with Crippen molar-refractivity contribution >= 4 is 11.3 Å². The lowest BCUT2D eigenvalue weighted by molar-refractivity contribution is 0.201. The molecular formula is C17H24N2OS. The van der Waals surface area contributed by atoms with E-state index in [1.165, 1.54) is 11.1 Å². The Morgan fingerprint density at radius 2 is 2.14 bits per heavy atom. The third-order valence-electron chi connectivity index (χ3n) is 3.80. The fourth-order valence-electron chi connectivity index (χ4n) is 2.65. The standard InChI is InChI=1S/C17H24N2OS/c1-4-16(18)17(14-6-5-7-15(10-14)20-3)19(2)11-13-8-9-21-12-13/h5-10,12,16-17H,4,11,18H2,1-3H3. The van der Waals surface area contributed by atoms with Crippen molar-refractivity contribution in [3.05, 3.63) is 52.2 Å². The smallest absolute Gasteiger partial charge is 0.119 e. The Morgan fingerprint density at radius 3 is 2.76 bits per heavy atom. The molecule has 0 saturated heterocycles. The van der Waals surface area contributed by atoms with Crippen LogP contribution in [0.1, 0.15) is 30.5 Å². The number of methoxy groups -OCH3 is 1. The molecule has 0 aliphatic heterocycles. The summed E-state index contributed by atoms with van der Waals surface area (Å²) in [6.45, 7) is 3.04. The Balaban J connectivity index is 2.24. The molecule has 0 bridgehead atoms. The van der Waals surface area contributed by atoms with Crippen LogP contribution in [0.5, 0.6) is 5.75 Å². The van der Waals surface area contributed by atoms with Gasteiger partial charge in [-0.05, 0) is 53.6 Å². The molecule has 0 saturated carbocycles. The maximum Gasteiger partial charge on any atom is 0.119 e. The molecule has 0 spiro atoms. The van der Waals surface area contributed by atoms with E-state index < -0.39 is 0 Å². The normalized spacial score (nSPS) is 14.1. The number of benzene rings is 1. The molecule has 2 N–H and O–H groups in total. The number of hydrogen-bond donors (Lipinski definition) is 1. The molecule has 2 unspecified atom stereocenters. The summed E-state index contributed by atoms with van der Waals surface area (Å²) in [6, 6.07) is 10.7. The molecule has 0 amide bonds. The number of thiophene rings is 1. The highest BCUT2D eigenvalue weighted by Crippen LogP contribution is 2.28. The van der Waals surface area contributed by atoms with Gasteiger partial charge >= 0.3 is 0 Å². The zero-order valence-electron chi connectivity index (χ0n) is 13.0. The van der Waals surface area contributed by atoms with Crippen LogP contribution in [0.25, 0.3) is 0 Å². The first kappa shape index (κ1) is 16.0. The molecule has 0 fully saturated rings. The number of rotatable bonds is 7. The van der Waals surface area contributed by atoms with Crippen molar-refractivity contribution in [2.75, 3.05) is 14.2 Å². The predicted octanol–water partition coefficient (Wildman–Crippen LogP) is 3.67. The molecule has 0 aliphatic rings. The minimum atomic E-state index is 0.0979. The molecule has 1 aromatic heterocycles. The van der Waals surface area contributed by atoms with Crippen LogP contribution in [0.3, 0.4) is 0 Å². The Hall–Kier alpha value is -1.36. The molecule has 21 heavy (non-hydrogen) atoms. The van der Waals surface area contributed by atoms with Crippen molar-refractivity contribution < 1.29 is 4.74 Å². The molecular weight excluding hydrogens is 280 g/mol. The molecule has 2 atom stereocenters. The van der Waals surface area contributed by atoms with Gasteiger partial charge in [-0.1, -0.05) is 19.1 Å². The maximum atomic E-state index is 6.39. The van der Waals surface area contributed by atoms with Gasteiger partial charge in [0.15, 0.2) is 0 Å². The molecule has 0 radical (unpaired) electrons. The van der Waals surface area contributed by atoms with Gasteiger partial charge in [0.1, 0.15) is 5.75 Å². The first-order valence-electron chi connectivity index (χ1n) is 7.26. The van der Waals surface area contributed by atoms with Crippen molar-refractivity contribution in [2.24, 2.45) is 5.73 Å². The topological polar surface area (TPSA) is 38.5 Å². The molecule has 0 aliphatic carbocycles. The Kier molecular flexibility index (Phi) is 5.79. The molecule has 1 aromatic carbocycles. The van der Waals surface area contributed by atoms with Gasteiger partial charge in [0.25, 0.3) is 0 Å². The summed E-state index contributed by atoms with van der Waals surface area (Å²) >= 11 is 1.73. The first-order chi connectivity index (χ1) is 10.2. The summed E-state index contributed by atoms with van der Waals surface area (Å²) < 4.78 is 5.35. The summed E-state index contributed by atoms with van der Waals surface area (Å²) in [6.07, 6.45) is 0.940. The van der Waals surface area contributed by atoms with Crippen molar-refractivity contribution in [1.82, 2.24) is 4.90 Å². The number of likely N-dealkylation sites (N-methyl/N-ethyl adjacent to an activating group) is 1. The highest BCUT2D eigenvalue weighted by atomic mass is 32.1. The van der Waals surface area contributed by atoms with Crippen molar-refractivity contribution in [3.63, 3.8) is 0 Å². The highest BCUT2D eigenvalue weighted by molar-refractivity contribution is 7.07. The SMILES string of the molecule is CCC(N)C(c1cccc(OC)c1)N(C)Cc1ccsc1. The van der Waals surface area contributed by atoms with E-state index in [-0.39, 0.29) is 12.1 Å². The summed E-state index contributed by atoms with van der Waals surface area (Å²) in [5.74, 6) is 0.879. The van der Waals surface area contributed by atoms with Crippen molar-refractivity contribution in [3.8, 4) is 5.75 Å². The van der Waals surface area contributed by atoms with Gasteiger partial charge in [0, 0.05) is 12.6 Å². The molecule has 3 nitrogen and oxygen atoms in total. The fraction of sp³-hybridized carbons (Fsp3) is 0.412. The zero-order valence-corrected chi connectivity index (χ0v) is 13.8. The van der Waals surface area contributed by atoms with Gasteiger partial charge in [-0.15, -0.1) is 0 Å². The van der Waals surface area contributed by atoms with E-state index in [0.717, 1.165) is 18.7 Å². The molecule has 114 valence electrons. The van der Waals surface area contributed by atoms with Gasteiger partial charge in [-0.25, -0.2) is 0 Å². The van der Waals surface area contributed by atoms with E-state index in [1.54, 1.807) is 18.4 Å². The lowest BCUT2D eigenvalue weighted by Gasteiger charge is -2.32. The minimum Gasteiger partial charge on any atom is -0.497 e. The van der Waals surface area contributed by atoms with Crippen LogP contribution in [0.4, 0.5) is 0 Å². The summed E-state index contributed by atoms with van der Waals surface area (Å²) in [7, 11) is 3.83. The third-order valence-corrected chi connectivity index (χ3v) is 4.53. The number of nitrogens with two attached hydrogens (primary N) is 1. The van der Waals surface area contributed by atoms with Gasteiger partial charge in [-0.3, -0.25) is 4.90 Å². The second kappa shape index (κ2) is 7.59. The predicted molar refractivity (Wildman–Crippen MR) is 89.8 cm³/mol. The van der Waals surface area contributed by atoms with Gasteiger partial charge in [0.2, 0.25) is 0 Å². The third kappa shape index (κ3) is 4.06. The second-order valence-corrected chi connectivity index (χ2v) is 6.12. The lowest BCUT2D eigenvalue weighted by Crippen LogP contribution is -2.38. The van der Waals surface area contributed by atoms with Crippen molar-refractivity contribution in [1.29, 1.82) is 0 Å². The lowest BCUT2D eigenvalue weighted by atomic mass is 9.96. The van der Waals surface area contributed by atoms with Crippen LogP contribution in [-0.2, 0) is 6.54 Å². The largest absolute Gasteiger partial charge is 0.497 e. The average Bonchev–Trinajstić information content (AvgIpc) is 3.00. The van der Waals surface area contributed by atoms with Crippen LogP contribution in [0.2, 0.25) is 0 Å². The molecule has 4 heteroatoms. The van der Waals surface area contributed by atoms with Crippen LogP contribution < -0.4 is 10.5 Å². The average molecular weight is 304 g/mol. The summed E-state index contributed by atoms with van der Waals surface area (Å²) in [5, 5.41) is 4.31. The highest BCUT2D eigenvalue weighted by Gasteiger charge is 2.23. The van der Waals surface area contributed by atoms with Gasteiger partial charge in [0.05, 0.1) is 13.2 Å². The summed E-state index contributed by atoms with van der Waals surface area (Å²) in [4.78, 5) is 2.32. The molecule has 2 aromatic rings. The minimum absolute atomic E-state index is 0.0979. The maximum absolute atomic E-state index is 6.39. The monoisotopic (exact) mass is 304 g/mol.